The Labute approximate surface area is 119 Å². The van der Waals surface area contributed by atoms with Crippen LogP contribution in [0.3, 0.4) is 0 Å². The number of phenols is 1. The van der Waals surface area contributed by atoms with Gasteiger partial charge in [0.15, 0.2) is 0 Å². The standard InChI is InChI=1S/C12H17Br2NO2/c1-3-17-5-4-15(2)8-9-6-10(13)12(16)11(14)7-9/h6-7,16H,3-5,8H2,1-2H3. The highest BCUT2D eigenvalue weighted by atomic mass is 79.9. The molecule has 0 saturated carbocycles. The van der Waals surface area contributed by atoms with E-state index in [4.69, 9.17) is 4.74 Å². The molecule has 0 bridgehead atoms. The number of likely N-dealkylation sites (N-methyl/N-ethyl adjacent to an activating group) is 1. The van der Waals surface area contributed by atoms with Gasteiger partial charge in [0.05, 0.1) is 15.6 Å². The third-order valence-corrected chi connectivity index (χ3v) is 3.56. The van der Waals surface area contributed by atoms with Crippen molar-refractivity contribution in [2.75, 3.05) is 26.8 Å². The van der Waals surface area contributed by atoms with E-state index in [1.54, 1.807) is 0 Å². The maximum atomic E-state index is 9.61. The minimum absolute atomic E-state index is 0.241. The summed E-state index contributed by atoms with van der Waals surface area (Å²) in [6, 6.07) is 3.86. The average molecular weight is 367 g/mol. The molecule has 0 heterocycles. The van der Waals surface area contributed by atoms with E-state index < -0.39 is 0 Å². The Morgan fingerprint density at radius 1 is 1.29 bits per heavy atom. The molecule has 0 aliphatic carbocycles. The predicted molar refractivity (Wildman–Crippen MR) is 76.3 cm³/mol. The molecule has 0 radical (unpaired) electrons. The summed E-state index contributed by atoms with van der Waals surface area (Å²) in [6.07, 6.45) is 0. The van der Waals surface area contributed by atoms with Gasteiger partial charge in [-0.15, -0.1) is 0 Å². The monoisotopic (exact) mass is 365 g/mol. The molecule has 1 aromatic carbocycles. The fourth-order valence-corrected chi connectivity index (χ4v) is 2.75. The summed E-state index contributed by atoms with van der Waals surface area (Å²) in [7, 11) is 2.05. The number of hydrogen-bond acceptors (Lipinski definition) is 3. The Bertz CT molecular complexity index is 349. The Kier molecular flexibility index (Phi) is 6.48. The lowest BCUT2D eigenvalue weighted by atomic mass is 10.2. The summed E-state index contributed by atoms with van der Waals surface area (Å²) in [4.78, 5) is 2.18. The minimum Gasteiger partial charge on any atom is -0.506 e. The van der Waals surface area contributed by atoms with Crippen molar-refractivity contribution in [3.8, 4) is 5.75 Å². The first-order valence-electron chi connectivity index (χ1n) is 5.47. The predicted octanol–water partition coefficient (Wildman–Crippen LogP) is 3.39. The molecule has 0 amide bonds. The van der Waals surface area contributed by atoms with E-state index in [0.717, 1.165) is 31.9 Å². The number of ether oxygens (including phenoxy) is 1. The smallest absolute Gasteiger partial charge is 0.143 e. The molecule has 0 aromatic heterocycles. The van der Waals surface area contributed by atoms with Crippen molar-refractivity contribution in [3.63, 3.8) is 0 Å². The van der Waals surface area contributed by atoms with Gasteiger partial charge >= 0.3 is 0 Å². The number of halogens is 2. The Morgan fingerprint density at radius 3 is 2.41 bits per heavy atom. The van der Waals surface area contributed by atoms with Gasteiger partial charge in [-0.25, -0.2) is 0 Å². The van der Waals surface area contributed by atoms with Gasteiger partial charge in [0, 0.05) is 19.7 Å². The van der Waals surface area contributed by atoms with Crippen LogP contribution < -0.4 is 0 Å². The summed E-state index contributed by atoms with van der Waals surface area (Å²) < 4.78 is 6.73. The number of nitrogens with zero attached hydrogens (tertiary/aromatic N) is 1. The number of hydrogen-bond donors (Lipinski definition) is 1. The van der Waals surface area contributed by atoms with Gasteiger partial charge in [-0.1, -0.05) is 0 Å². The van der Waals surface area contributed by atoms with Crippen molar-refractivity contribution in [1.82, 2.24) is 4.90 Å². The van der Waals surface area contributed by atoms with Crippen LogP contribution in [0.25, 0.3) is 0 Å². The van der Waals surface area contributed by atoms with Gasteiger partial charge in [-0.3, -0.25) is 4.90 Å². The third-order valence-electron chi connectivity index (χ3n) is 2.35. The Hall–Kier alpha value is -0.100. The van der Waals surface area contributed by atoms with Gasteiger partial charge in [0.25, 0.3) is 0 Å². The SMILES string of the molecule is CCOCCN(C)Cc1cc(Br)c(O)c(Br)c1. The van der Waals surface area contributed by atoms with Crippen molar-refractivity contribution < 1.29 is 9.84 Å². The van der Waals surface area contributed by atoms with Crippen LogP contribution >= 0.6 is 31.9 Å². The van der Waals surface area contributed by atoms with Gasteiger partial charge < -0.3 is 9.84 Å². The van der Waals surface area contributed by atoms with Crippen molar-refractivity contribution in [2.24, 2.45) is 0 Å². The minimum atomic E-state index is 0.241. The topological polar surface area (TPSA) is 32.7 Å². The van der Waals surface area contributed by atoms with Crippen LogP contribution in [0, 0.1) is 0 Å². The van der Waals surface area contributed by atoms with Gasteiger partial charge in [-0.05, 0) is 63.5 Å². The second-order valence-electron chi connectivity index (χ2n) is 3.84. The van der Waals surface area contributed by atoms with E-state index in [0.29, 0.717) is 8.95 Å². The molecular formula is C12H17Br2NO2. The average Bonchev–Trinajstić information content (AvgIpc) is 2.26. The van der Waals surface area contributed by atoms with E-state index in [1.165, 1.54) is 0 Å². The molecule has 0 fully saturated rings. The molecule has 0 saturated heterocycles. The van der Waals surface area contributed by atoms with E-state index in [1.807, 2.05) is 26.1 Å². The number of benzene rings is 1. The molecule has 0 spiro atoms. The van der Waals surface area contributed by atoms with E-state index in [9.17, 15) is 5.11 Å². The molecule has 0 aliphatic rings. The van der Waals surface area contributed by atoms with Crippen molar-refractivity contribution in [2.45, 2.75) is 13.5 Å². The zero-order valence-electron chi connectivity index (χ0n) is 10.0. The summed E-state index contributed by atoms with van der Waals surface area (Å²) in [5, 5.41) is 9.61. The molecule has 17 heavy (non-hydrogen) atoms. The van der Waals surface area contributed by atoms with E-state index in [2.05, 4.69) is 36.8 Å². The molecule has 96 valence electrons. The van der Waals surface area contributed by atoms with Crippen LogP contribution in [0.4, 0.5) is 0 Å². The number of aromatic hydroxyl groups is 1. The summed E-state index contributed by atoms with van der Waals surface area (Å²) in [5.41, 5.74) is 1.14. The van der Waals surface area contributed by atoms with Crippen molar-refractivity contribution in [1.29, 1.82) is 0 Å². The highest BCUT2D eigenvalue weighted by Gasteiger charge is 2.07. The molecule has 3 nitrogen and oxygen atoms in total. The quantitative estimate of drug-likeness (QED) is 0.783. The zero-order valence-corrected chi connectivity index (χ0v) is 13.2. The molecule has 1 N–H and O–H groups in total. The van der Waals surface area contributed by atoms with Crippen molar-refractivity contribution in [3.05, 3.63) is 26.6 Å². The van der Waals surface area contributed by atoms with Crippen LogP contribution in [0.1, 0.15) is 12.5 Å². The fourth-order valence-electron chi connectivity index (χ4n) is 1.46. The largest absolute Gasteiger partial charge is 0.506 e. The molecular weight excluding hydrogens is 350 g/mol. The van der Waals surface area contributed by atoms with E-state index >= 15 is 0 Å². The third kappa shape index (κ3) is 4.95. The van der Waals surface area contributed by atoms with Crippen LogP contribution in [-0.4, -0.2) is 36.8 Å². The van der Waals surface area contributed by atoms with Crippen molar-refractivity contribution >= 4 is 31.9 Å². The number of phenolic OH excluding ortho intramolecular Hbond substituents is 1. The first kappa shape index (κ1) is 15.0. The summed E-state index contributed by atoms with van der Waals surface area (Å²) in [6.45, 7) is 5.21. The van der Waals surface area contributed by atoms with Crippen LogP contribution in [0.2, 0.25) is 0 Å². The van der Waals surface area contributed by atoms with E-state index in [-0.39, 0.29) is 5.75 Å². The normalized spacial score (nSPS) is 11.1. The molecule has 1 rings (SSSR count). The lowest BCUT2D eigenvalue weighted by Crippen LogP contribution is -2.22. The fraction of sp³-hybridized carbons (Fsp3) is 0.500. The maximum Gasteiger partial charge on any atom is 0.143 e. The Morgan fingerprint density at radius 2 is 1.88 bits per heavy atom. The molecule has 0 atom stereocenters. The summed E-state index contributed by atoms with van der Waals surface area (Å²) >= 11 is 6.65. The van der Waals surface area contributed by atoms with Crippen LogP contribution in [0.5, 0.6) is 5.75 Å². The first-order chi connectivity index (χ1) is 8.04. The van der Waals surface area contributed by atoms with Gasteiger partial charge in [0.1, 0.15) is 5.75 Å². The highest BCUT2D eigenvalue weighted by Crippen LogP contribution is 2.33. The highest BCUT2D eigenvalue weighted by molar-refractivity contribution is 9.11. The first-order valence-corrected chi connectivity index (χ1v) is 7.06. The van der Waals surface area contributed by atoms with Crippen LogP contribution in [-0.2, 0) is 11.3 Å². The Balaban J connectivity index is 2.56. The zero-order chi connectivity index (χ0) is 12.8. The second-order valence-corrected chi connectivity index (χ2v) is 5.55. The molecule has 0 aliphatic heterocycles. The van der Waals surface area contributed by atoms with Gasteiger partial charge in [-0.2, -0.15) is 0 Å². The lowest BCUT2D eigenvalue weighted by molar-refractivity contribution is 0.120. The number of rotatable bonds is 6. The molecule has 5 heteroatoms. The summed E-state index contributed by atoms with van der Waals surface area (Å²) in [5.74, 6) is 0.241. The maximum absolute atomic E-state index is 9.61. The van der Waals surface area contributed by atoms with Gasteiger partial charge in [0.2, 0.25) is 0 Å². The molecule has 0 unspecified atom stereocenters. The second kappa shape index (κ2) is 7.36. The molecule has 1 aromatic rings. The lowest BCUT2D eigenvalue weighted by Gasteiger charge is -2.17. The van der Waals surface area contributed by atoms with Crippen LogP contribution in [0.15, 0.2) is 21.1 Å².